The molecule has 1 N–H and O–H groups in total. The molecule has 0 radical (unpaired) electrons. The van der Waals surface area contributed by atoms with Gasteiger partial charge in [-0.25, -0.2) is 8.42 Å². The minimum Gasteiger partial charge on any atom is -0.390 e. The summed E-state index contributed by atoms with van der Waals surface area (Å²) >= 11 is 0. The van der Waals surface area contributed by atoms with Crippen LogP contribution in [0.1, 0.15) is 13.8 Å². The molecule has 0 fully saturated rings. The molecule has 3 aromatic rings. The summed E-state index contributed by atoms with van der Waals surface area (Å²) in [7, 11) is -3.36. The first kappa shape index (κ1) is 17.9. The third-order valence-electron chi connectivity index (χ3n) is 4.47. The molecule has 0 saturated heterocycles. The Labute approximate surface area is 148 Å². The molecule has 134 valence electrons. The summed E-state index contributed by atoms with van der Waals surface area (Å²) in [6.45, 7) is 4.05. The SMILES string of the molecule is CC(C)N(CC(O)Cn1c2ccccc2c2ccccc21)S(C)(=O)=O. The molecule has 0 aliphatic carbocycles. The predicted molar refractivity (Wildman–Crippen MR) is 102 cm³/mol. The van der Waals surface area contributed by atoms with Crippen molar-refractivity contribution in [2.75, 3.05) is 12.8 Å². The molecule has 0 amide bonds. The number of fused-ring (bicyclic) bond motifs is 3. The average molecular weight is 360 g/mol. The molecular weight excluding hydrogens is 336 g/mol. The average Bonchev–Trinajstić information content (AvgIpc) is 2.86. The van der Waals surface area contributed by atoms with Gasteiger partial charge in [-0.05, 0) is 26.0 Å². The van der Waals surface area contributed by atoms with Crippen molar-refractivity contribution in [1.29, 1.82) is 0 Å². The van der Waals surface area contributed by atoms with E-state index in [2.05, 4.69) is 16.7 Å². The Morgan fingerprint density at radius 3 is 1.92 bits per heavy atom. The van der Waals surface area contributed by atoms with Gasteiger partial charge in [0, 0.05) is 34.4 Å². The van der Waals surface area contributed by atoms with Crippen molar-refractivity contribution in [3.8, 4) is 0 Å². The number of hydrogen-bond donors (Lipinski definition) is 1. The number of benzene rings is 2. The molecule has 6 heteroatoms. The van der Waals surface area contributed by atoms with Crippen LogP contribution in [0.5, 0.6) is 0 Å². The first-order valence-electron chi connectivity index (χ1n) is 8.40. The number of nitrogens with zero attached hydrogens (tertiary/aromatic N) is 2. The molecule has 1 heterocycles. The second-order valence-electron chi connectivity index (χ2n) is 6.73. The zero-order valence-corrected chi connectivity index (χ0v) is 15.6. The van der Waals surface area contributed by atoms with Gasteiger partial charge in [0.25, 0.3) is 0 Å². The van der Waals surface area contributed by atoms with E-state index in [4.69, 9.17) is 0 Å². The summed E-state index contributed by atoms with van der Waals surface area (Å²) < 4.78 is 27.3. The van der Waals surface area contributed by atoms with Gasteiger partial charge >= 0.3 is 0 Å². The van der Waals surface area contributed by atoms with Gasteiger partial charge in [-0.1, -0.05) is 36.4 Å². The van der Waals surface area contributed by atoms with E-state index in [1.54, 1.807) is 0 Å². The second-order valence-corrected chi connectivity index (χ2v) is 8.66. The van der Waals surface area contributed by atoms with Crippen molar-refractivity contribution in [3.63, 3.8) is 0 Å². The summed E-state index contributed by atoms with van der Waals surface area (Å²) in [6, 6.07) is 15.9. The summed E-state index contributed by atoms with van der Waals surface area (Å²) in [6.07, 6.45) is 0.386. The van der Waals surface area contributed by atoms with Gasteiger partial charge in [0.2, 0.25) is 10.0 Å². The van der Waals surface area contributed by atoms with Crippen LogP contribution in [0.2, 0.25) is 0 Å². The topological polar surface area (TPSA) is 62.5 Å². The van der Waals surface area contributed by atoms with Crippen molar-refractivity contribution in [3.05, 3.63) is 48.5 Å². The highest BCUT2D eigenvalue weighted by Gasteiger charge is 2.24. The number of rotatable bonds is 6. The Morgan fingerprint density at radius 1 is 1.00 bits per heavy atom. The quantitative estimate of drug-likeness (QED) is 0.735. The van der Waals surface area contributed by atoms with Crippen molar-refractivity contribution < 1.29 is 13.5 Å². The maximum absolute atomic E-state index is 11.9. The van der Waals surface area contributed by atoms with Gasteiger partial charge in [-0.15, -0.1) is 0 Å². The third kappa shape index (κ3) is 3.56. The fraction of sp³-hybridized carbons (Fsp3) is 0.368. The first-order valence-corrected chi connectivity index (χ1v) is 10.2. The summed E-state index contributed by atoms with van der Waals surface area (Å²) in [5, 5.41) is 12.9. The highest BCUT2D eigenvalue weighted by molar-refractivity contribution is 7.88. The molecule has 0 bridgehead atoms. The largest absolute Gasteiger partial charge is 0.390 e. The number of para-hydroxylation sites is 2. The third-order valence-corrected chi connectivity index (χ3v) is 5.89. The standard InChI is InChI=1S/C19H24N2O3S/c1-14(2)21(25(3,23)24)13-15(22)12-20-18-10-6-4-8-16(18)17-9-5-7-11-19(17)20/h4-11,14-15,22H,12-13H2,1-3H3. The molecule has 0 saturated carbocycles. The summed E-state index contributed by atoms with van der Waals surface area (Å²) in [4.78, 5) is 0. The van der Waals surface area contributed by atoms with E-state index in [-0.39, 0.29) is 12.6 Å². The molecule has 2 aromatic carbocycles. The monoisotopic (exact) mass is 360 g/mol. The van der Waals surface area contributed by atoms with Crippen molar-refractivity contribution >= 4 is 31.8 Å². The van der Waals surface area contributed by atoms with Crippen LogP contribution in [0, 0.1) is 0 Å². The molecule has 0 spiro atoms. The number of aliphatic hydroxyl groups excluding tert-OH is 1. The lowest BCUT2D eigenvalue weighted by Gasteiger charge is -2.26. The molecule has 1 atom stereocenters. The number of sulfonamides is 1. The summed E-state index contributed by atoms with van der Waals surface area (Å²) in [5.41, 5.74) is 2.08. The van der Waals surface area contributed by atoms with Crippen molar-refractivity contribution in [2.45, 2.75) is 32.5 Å². The van der Waals surface area contributed by atoms with Crippen molar-refractivity contribution in [1.82, 2.24) is 8.87 Å². The molecule has 3 rings (SSSR count). The Balaban J connectivity index is 1.97. The lowest BCUT2D eigenvalue weighted by molar-refractivity contribution is 0.122. The van der Waals surface area contributed by atoms with E-state index >= 15 is 0 Å². The Morgan fingerprint density at radius 2 is 1.48 bits per heavy atom. The molecule has 0 aliphatic rings. The van der Waals surface area contributed by atoms with Crippen LogP contribution in [0.3, 0.4) is 0 Å². The van der Waals surface area contributed by atoms with Gasteiger partial charge < -0.3 is 9.67 Å². The highest BCUT2D eigenvalue weighted by atomic mass is 32.2. The predicted octanol–water partition coefficient (Wildman–Crippen LogP) is 2.83. The maximum atomic E-state index is 11.9. The van der Waals surface area contributed by atoms with E-state index in [0.717, 1.165) is 21.8 Å². The minimum atomic E-state index is -3.36. The van der Waals surface area contributed by atoms with E-state index in [1.807, 2.05) is 50.2 Å². The zero-order valence-electron chi connectivity index (χ0n) is 14.8. The number of hydrogen-bond acceptors (Lipinski definition) is 3. The molecule has 5 nitrogen and oxygen atoms in total. The smallest absolute Gasteiger partial charge is 0.211 e. The molecule has 25 heavy (non-hydrogen) atoms. The Hall–Kier alpha value is -1.89. The maximum Gasteiger partial charge on any atom is 0.211 e. The molecular formula is C19H24N2O3S. The minimum absolute atomic E-state index is 0.0807. The summed E-state index contributed by atoms with van der Waals surface area (Å²) in [5.74, 6) is 0. The first-order chi connectivity index (χ1) is 11.8. The van der Waals surface area contributed by atoms with Gasteiger partial charge in [0.1, 0.15) is 0 Å². The zero-order chi connectivity index (χ0) is 18.2. The molecule has 1 unspecified atom stereocenters. The molecule has 0 aliphatic heterocycles. The second kappa shape index (κ2) is 6.78. The van der Waals surface area contributed by atoms with Crippen LogP contribution in [0.4, 0.5) is 0 Å². The van der Waals surface area contributed by atoms with Gasteiger partial charge in [-0.3, -0.25) is 0 Å². The normalized spacial score (nSPS) is 14.0. The van der Waals surface area contributed by atoms with E-state index < -0.39 is 16.1 Å². The van der Waals surface area contributed by atoms with Crippen molar-refractivity contribution in [2.24, 2.45) is 0 Å². The highest BCUT2D eigenvalue weighted by Crippen LogP contribution is 2.29. The Bertz CT molecular complexity index is 939. The molecule has 1 aromatic heterocycles. The van der Waals surface area contributed by atoms with E-state index in [1.165, 1.54) is 10.6 Å². The van der Waals surface area contributed by atoms with Gasteiger partial charge in [0.15, 0.2) is 0 Å². The lowest BCUT2D eigenvalue weighted by atomic mass is 10.2. The van der Waals surface area contributed by atoms with Crippen LogP contribution in [-0.4, -0.2) is 47.3 Å². The van der Waals surface area contributed by atoms with Crippen LogP contribution in [0.25, 0.3) is 21.8 Å². The number of aliphatic hydroxyl groups is 1. The van der Waals surface area contributed by atoms with E-state index in [0.29, 0.717) is 6.54 Å². The fourth-order valence-corrected chi connectivity index (χ4v) is 4.61. The van der Waals surface area contributed by atoms with Crippen LogP contribution in [-0.2, 0) is 16.6 Å². The fourth-order valence-electron chi connectivity index (χ4n) is 3.41. The lowest BCUT2D eigenvalue weighted by Crippen LogP contribution is -2.42. The van der Waals surface area contributed by atoms with Gasteiger partial charge in [-0.2, -0.15) is 4.31 Å². The van der Waals surface area contributed by atoms with Crippen LogP contribution >= 0.6 is 0 Å². The van der Waals surface area contributed by atoms with Crippen LogP contribution in [0.15, 0.2) is 48.5 Å². The Kier molecular flexibility index (Phi) is 4.86. The van der Waals surface area contributed by atoms with E-state index in [9.17, 15) is 13.5 Å². The van der Waals surface area contributed by atoms with Crippen LogP contribution < -0.4 is 0 Å². The van der Waals surface area contributed by atoms with Gasteiger partial charge in [0.05, 0.1) is 18.9 Å². The number of aromatic nitrogens is 1.